The molecule has 4 heteroatoms. The first kappa shape index (κ1) is 12.2. The molecule has 0 heterocycles. The van der Waals surface area contributed by atoms with Crippen molar-refractivity contribution in [2.45, 2.75) is 0 Å². The number of ketones is 2. The van der Waals surface area contributed by atoms with Crippen LogP contribution in [0.5, 0.6) is 5.75 Å². The van der Waals surface area contributed by atoms with Crippen LogP contribution in [0.4, 0.5) is 0 Å². The van der Waals surface area contributed by atoms with Crippen LogP contribution < -0.4 is 4.74 Å². The minimum Gasteiger partial charge on any atom is -0.501 e. The summed E-state index contributed by atoms with van der Waals surface area (Å²) in [6, 6.07) is 14.9. The summed E-state index contributed by atoms with van der Waals surface area (Å²) in [5.74, 6) is -1.71. The number of hydrogen-bond acceptors (Lipinski definition) is 4. The maximum Gasteiger partial charge on any atom is 0.232 e. The van der Waals surface area contributed by atoms with Gasteiger partial charge in [-0.05, 0) is 12.1 Å². The minimum absolute atomic E-state index is 0.190. The molecule has 0 aromatic heterocycles. The van der Waals surface area contributed by atoms with E-state index in [1.54, 1.807) is 42.5 Å². The van der Waals surface area contributed by atoms with E-state index >= 15 is 0 Å². The number of aliphatic hydroxyl groups excluding tert-OH is 1. The lowest BCUT2D eigenvalue weighted by Gasteiger charge is -2.17. The third kappa shape index (κ3) is 1.87. The van der Waals surface area contributed by atoms with Gasteiger partial charge in [-0.2, -0.15) is 0 Å². The van der Waals surface area contributed by atoms with Gasteiger partial charge in [0.2, 0.25) is 23.1 Å². The molecule has 2 aromatic carbocycles. The van der Waals surface area contributed by atoms with Crippen molar-refractivity contribution in [3.63, 3.8) is 0 Å². The molecule has 0 saturated carbocycles. The van der Waals surface area contributed by atoms with E-state index in [2.05, 4.69) is 0 Å². The highest BCUT2D eigenvalue weighted by molar-refractivity contribution is 6.25. The maximum absolute atomic E-state index is 12.3. The van der Waals surface area contributed by atoms with Crippen LogP contribution in [0.1, 0.15) is 20.7 Å². The molecule has 98 valence electrons. The fraction of sp³-hybridized carbons (Fsp3) is 0. The van der Waals surface area contributed by atoms with Crippen LogP contribution in [0, 0.1) is 0 Å². The van der Waals surface area contributed by atoms with Crippen LogP contribution in [-0.2, 0) is 0 Å². The average molecular weight is 266 g/mol. The molecule has 0 bridgehead atoms. The molecule has 2 aromatic rings. The van der Waals surface area contributed by atoms with Crippen LogP contribution in [-0.4, -0.2) is 16.7 Å². The number of Topliss-reactive ketones (excluding diaryl/α,β-unsaturated/α-hetero) is 2. The lowest BCUT2D eigenvalue weighted by molar-refractivity contribution is 0.0889. The van der Waals surface area contributed by atoms with Gasteiger partial charge in [-0.3, -0.25) is 9.59 Å². The lowest BCUT2D eigenvalue weighted by Crippen LogP contribution is -2.24. The van der Waals surface area contributed by atoms with E-state index in [0.717, 1.165) is 0 Å². The zero-order valence-electron chi connectivity index (χ0n) is 10.4. The number of carbonyl (C=O) groups is 2. The molecule has 20 heavy (non-hydrogen) atoms. The van der Waals surface area contributed by atoms with Gasteiger partial charge in [-0.25, -0.2) is 0 Å². The largest absolute Gasteiger partial charge is 0.501 e. The highest BCUT2D eigenvalue weighted by Gasteiger charge is 2.33. The Morgan fingerprint density at radius 1 is 0.750 bits per heavy atom. The van der Waals surface area contributed by atoms with Crippen LogP contribution in [0.3, 0.4) is 0 Å². The molecule has 0 saturated heterocycles. The standard InChI is InChI=1S/C16H10O4/c17-13-11-8-4-5-9-12(11)14(18)16(15(13)19)20-10-6-2-1-3-7-10/h1-9,19H. The summed E-state index contributed by atoms with van der Waals surface area (Å²) in [6.07, 6.45) is 0. The Balaban J connectivity index is 2.06. The van der Waals surface area contributed by atoms with Gasteiger partial charge >= 0.3 is 0 Å². The van der Waals surface area contributed by atoms with E-state index < -0.39 is 17.3 Å². The second-order valence-electron chi connectivity index (χ2n) is 4.30. The molecule has 0 atom stereocenters. The van der Waals surface area contributed by atoms with E-state index in [1.807, 2.05) is 0 Å². The lowest BCUT2D eigenvalue weighted by atomic mass is 9.92. The zero-order chi connectivity index (χ0) is 14.1. The van der Waals surface area contributed by atoms with Gasteiger partial charge in [-0.15, -0.1) is 0 Å². The van der Waals surface area contributed by atoms with Gasteiger partial charge in [0.1, 0.15) is 5.75 Å². The molecule has 0 amide bonds. The Kier molecular flexibility index (Phi) is 2.84. The molecular weight excluding hydrogens is 256 g/mol. The molecule has 4 nitrogen and oxygen atoms in total. The predicted octanol–water partition coefficient (Wildman–Crippen LogP) is 2.91. The normalized spacial score (nSPS) is 14.2. The average Bonchev–Trinajstić information content (AvgIpc) is 2.50. The third-order valence-electron chi connectivity index (χ3n) is 3.02. The third-order valence-corrected chi connectivity index (χ3v) is 3.02. The minimum atomic E-state index is -0.655. The Labute approximate surface area is 114 Å². The number of carbonyl (C=O) groups excluding carboxylic acids is 2. The molecule has 1 aliphatic carbocycles. The molecular formula is C16H10O4. The summed E-state index contributed by atoms with van der Waals surface area (Å²) in [5, 5.41) is 9.90. The summed E-state index contributed by atoms with van der Waals surface area (Å²) in [4.78, 5) is 24.3. The molecule has 1 aliphatic rings. The van der Waals surface area contributed by atoms with E-state index in [0.29, 0.717) is 5.75 Å². The van der Waals surface area contributed by atoms with Gasteiger partial charge in [0, 0.05) is 11.1 Å². The fourth-order valence-electron chi connectivity index (χ4n) is 2.04. The van der Waals surface area contributed by atoms with Crippen LogP contribution in [0.2, 0.25) is 0 Å². The smallest absolute Gasteiger partial charge is 0.232 e. The number of rotatable bonds is 2. The number of aliphatic hydroxyl groups is 1. The Hall–Kier alpha value is -2.88. The van der Waals surface area contributed by atoms with Crippen LogP contribution in [0.25, 0.3) is 0 Å². The second kappa shape index (κ2) is 4.66. The first-order valence-electron chi connectivity index (χ1n) is 6.03. The molecule has 0 fully saturated rings. The molecule has 3 rings (SSSR count). The van der Waals surface area contributed by atoms with Gasteiger partial charge in [0.15, 0.2) is 0 Å². The Morgan fingerprint density at radius 3 is 1.95 bits per heavy atom. The molecule has 0 spiro atoms. The van der Waals surface area contributed by atoms with Gasteiger partial charge in [0.25, 0.3) is 0 Å². The number of hydrogen-bond donors (Lipinski definition) is 1. The summed E-state index contributed by atoms with van der Waals surface area (Å²) in [5.41, 5.74) is 0.427. The summed E-state index contributed by atoms with van der Waals surface area (Å²) in [7, 11) is 0. The SMILES string of the molecule is O=C1C(O)=C(Oc2ccccc2)C(=O)c2ccccc21. The topological polar surface area (TPSA) is 63.6 Å². The van der Waals surface area contributed by atoms with Crippen molar-refractivity contribution in [1.82, 2.24) is 0 Å². The zero-order valence-corrected chi connectivity index (χ0v) is 10.4. The molecule has 0 radical (unpaired) electrons. The van der Waals surface area contributed by atoms with Gasteiger partial charge in [0.05, 0.1) is 0 Å². The first-order valence-corrected chi connectivity index (χ1v) is 6.03. The summed E-state index contributed by atoms with van der Waals surface area (Å²) in [6.45, 7) is 0. The van der Waals surface area contributed by atoms with Crippen LogP contribution >= 0.6 is 0 Å². The summed E-state index contributed by atoms with van der Waals surface area (Å²) < 4.78 is 5.37. The van der Waals surface area contributed by atoms with Crippen molar-refractivity contribution >= 4 is 11.6 Å². The van der Waals surface area contributed by atoms with Crippen molar-refractivity contribution < 1.29 is 19.4 Å². The first-order chi connectivity index (χ1) is 9.68. The van der Waals surface area contributed by atoms with Crippen molar-refractivity contribution in [3.8, 4) is 5.75 Å². The van der Waals surface area contributed by atoms with E-state index in [9.17, 15) is 14.7 Å². The van der Waals surface area contributed by atoms with Crippen LogP contribution in [0.15, 0.2) is 66.1 Å². The molecule has 1 N–H and O–H groups in total. The van der Waals surface area contributed by atoms with Crippen molar-refractivity contribution in [2.24, 2.45) is 0 Å². The second-order valence-corrected chi connectivity index (χ2v) is 4.30. The van der Waals surface area contributed by atoms with E-state index in [1.165, 1.54) is 12.1 Å². The summed E-state index contributed by atoms with van der Waals surface area (Å²) >= 11 is 0. The number of benzene rings is 2. The number of para-hydroxylation sites is 1. The number of allylic oxidation sites excluding steroid dienone is 2. The van der Waals surface area contributed by atoms with Crippen molar-refractivity contribution in [1.29, 1.82) is 0 Å². The Bertz CT molecular complexity index is 729. The van der Waals surface area contributed by atoms with Gasteiger partial charge in [-0.1, -0.05) is 42.5 Å². The number of fused-ring (bicyclic) bond motifs is 1. The molecule has 0 aliphatic heterocycles. The highest BCUT2D eigenvalue weighted by Crippen LogP contribution is 2.27. The molecule has 0 unspecified atom stereocenters. The Morgan fingerprint density at radius 2 is 1.30 bits per heavy atom. The predicted molar refractivity (Wildman–Crippen MR) is 71.8 cm³/mol. The van der Waals surface area contributed by atoms with Crippen molar-refractivity contribution in [3.05, 3.63) is 77.2 Å². The fourth-order valence-corrected chi connectivity index (χ4v) is 2.04. The van der Waals surface area contributed by atoms with Crippen molar-refractivity contribution in [2.75, 3.05) is 0 Å². The highest BCUT2D eigenvalue weighted by atomic mass is 16.5. The monoisotopic (exact) mass is 266 g/mol. The quantitative estimate of drug-likeness (QED) is 0.907. The van der Waals surface area contributed by atoms with E-state index in [-0.39, 0.29) is 16.9 Å². The van der Waals surface area contributed by atoms with E-state index in [4.69, 9.17) is 4.74 Å². The number of ether oxygens (including phenoxy) is 1. The maximum atomic E-state index is 12.3. The van der Waals surface area contributed by atoms with Gasteiger partial charge < -0.3 is 9.84 Å².